The summed E-state index contributed by atoms with van der Waals surface area (Å²) in [5, 5.41) is 3.28. The lowest BCUT2D eigenvalue weighted by atomic mass is 10.1. The molecule has 0 aromatic carbocycles. The Morgan fingerprint density at radius 2 is 2.26 bits per heavy atom. The van der Waals surface area contributed by atoms with E-state index < -0.39 is 10.0 Å². The summed E-state index contributed by atoms with van der Waals surface area (Å²) in [4.78, 5) is 0. The number of sulfonamides is 1. The van der Waals surface area contributed by atoms with Gasteiger partial charge in [0.15, 0.2) is 0 Å². The molecule has 1 atom stereocenters. The van der Waals surface area contributed by atoms with Gasteiger partial charge in [-0.25, -0.2) is 12.7 Å². The molecule has 2 rings (SSSR count). The molecular weight excluding hydrogens is 264 g/mol. The van der Waals surface area contributed by atoms with Crippen molar-refractivity contribution < 1.29 is 12.8 Å². The molecule has 1 aromatic rings. The molecule has 0 spiro atoms. The van der Waals surface area contributed by atoms with Gasteiger partial charge in [0.05, 0.1) is 12.0 Å². The van der Waals surface area contributed by atoms with Crippen LogP contribution in [0.1, 0.15) is 30.6 Å². The Bertz CT molecular complexity index is 504. The first-order valence-corrected chi connectivity index (χ1v) is 8.30. The zero-order chi connectivity index (χ0) is 13.9. The molecule has 1 N–H and O–H groups in total. The monoisotopic (exact) mass is 286 g/mol. The van der Waals surface area contributed by atoms with Crippen LogP contribution in [0.3, 0.4) is 0 Å². The topological polar surface area (TPSA) is 62.6 Å². The molecule has 1 fully saturated rings. The molecule has 1 aromatic heterocycles. The Hall–Kier alpha value is -0.850. The van der Waals surface area contributed by atoms with Gasteiger partial charge in [0.25, 0.3) is 0 Å². The first-order chi connectivity index (χ1) is 8.99. The zero-order valence-corrected chi connectivity index (χ0v) is 12.4. The maximum Gasteiger partial charge on any atom is 0.215 e. The summed E-state index contributed by atoms with van der Waals surface area (Å²) < 4.78 is 31.2. The molecule has 0 aliphatic carbocycles. The van der Waals surface area contributed by atoms with Crippen molar-refractivity contribution in [3.8, 4) is 0 Å². The molecule has 108 valence electrons. The minimum Gasteiger partial charge on any atom is -0.469 e. The highest BCUT2D eigenvalue weighted by Gasteiger charge is 2.25. The van der Waals surface area contributed by atoms with E-state index in [1.165, 1.54) is 4.31 Å². The number of piperidine rings is 1. The molecule has 19 heavy (non-hydrogen) atoms. The highest BCUT2D eigenvalue weighted by Crippen LogP contribution is 2.15. The van der Waals surface area contributed by atoms with Crippen molar-refractivity contribution in [1.82, 2.24) is 9.62 Å². The first kappa shape index (κ1) is 14.6. The quantitative estimate of drug-likeness (QED) is 0.891. The summed E-state index contributed by atoms with van der Waals surface area (Å²) in [5.41, 5.74) is 0.919. The second-order valence-electron chi connectivity index (χ2n) is 5.18. The summed E-state index contributed by atoms with van der Waals surface area (Å²) in [5.74, 6) is 0.957. The minimum atomic E-state index is -3.22. The summed E-state index contributed by atoms with van der Waals surface area (Å²) >= 11 is 0. The Balaban J connectivity index is 1.96. The number of nitrogens with zero attached hydrogens (tertiary/aromatic N) is 1. The highest BCUT2D eigenvalue weighted by molar-refractivity contribution is 7.89. The third-order valence-corrected chi connectivity index (χ3v) is 5.56. The van der Waals surface area contributed by atoms with Crippen molar-refractivity contribution >= 4 is 10.0 Å². The van der Waals surface area contributed by atoms with Crippen LogP contribution in [0.4, 0.5) is 0 Å². The van der Waals surface area contributed by atoms with Crippen molar-refractivity contribution in [3.05, 3.63) is 23.7 Å². The fraction of sp³-hybridized carbons (Fsp3) is 0.692. The van der Waals surface area contributed by atoms with Gasteiger partial charge < -0.3 is 9.73 Å². The number of rotatable bonds is 5. The molecule has 6 heteroatoms. The number of hydrogen-bond donors (Lipinski definition) is 1. The molecule has 0 amide bonds. The van der Waals surface area contributed by atoms with Gasteiger partial charge in [-0.05, 0) is 32.4 Å². The van der Waals surface area contributed by atoms with Gasteiger partial charge in [0.2, 0.25) is 10.0 Å². The zero-order valence-electron chi connectivity index (χ0n) is 11.6. The van der Waals surface area contributed by atoms with Crippen molar-refractivity contribution in [1.29, 1.82) is 0 Å². The maximum atomic E-state index is 12.3. The van der Waals surface area contributed by atoms with E-state index >= 15 is 0 Å². The molecule has 0 radical (unpaired) electrons. The number of nitrogens with one attached hydrogen (secondary N) is 1. The maximum absolute atomic E-state index is 12.3. The van der Waals surface area contributed by atoms with E-state index in [2.05, 4.69) is 5.32 Å². The summed E-state index contributed by atoms with van der Waals surface area (Å²) in [6, 6.07) is 1.91. The molecule has 1 aliphatic heterocycles. The van der Waals surface area contributed by atoms with Crippen LogP contribution in [0.25, 0.3) is 0 Å². The molecule has 0 bridgehead atoms. The van der Waals surface area contributed by atoms with Crippen LogP contribution in [0.15, 0.2) is 16.7 Å². The third-order valence-electron chi connectivity index (χ3n) is 3.66. The Labute approximate surface area is 115 Å². The Morgan fingerprint density at radius 1 is 1.47 bits per heavy atom. The SMILES string of the molecule is Cc1occc1CN(C)S(=O)(=O)CC1CCCCN1. The van der Waals surface area contributed by atoms with E-state index in [1.54, 1.807) is 13.3 Å². The van der Waals surface area contributed by atoms with E-state index in [0.29, 0.717) is 6.54 Å². The van der Waals surface area contributed by atoms with E-state index in [1.807, 2.05) is 13.0 Å². The van der Waals surface area contributed by atoms with E-state index in [9.17, 15) is 8.42 Å². The van der Waals surface area contributed by atoms with Crippen molar-refractivity contribution in [2.75, 3.05) is 19.3 Å². The average molecular weight is 286 g/mol. The van der Waals surface area contributed by atoms with Crippen LogP contribution >= 0.6 is 0 Å². The third kappa shape index (κ3) is 3.81. The fourth-order valence-electron chi connectivity index (χ4n) is 2.36. The van der Waals surface area contributed by atoms with E-state index in [0.717, 1.165) is 37.1 Å². The second kappa shape index (κ2) is 6.07. The van der Waals surface area contributed by atoms with E-state index in [4.69, 9.17) is 4.42 Å². The number of aryl methyl sites for hydroxylation is 1. The number of hydrogen-bond acceptors (Lipinski definition) is 4. The molecule has 1 saturated heterocycles. The molecule has 1 aliphatic rings. The minimum absolute atomic E-state index is 0.0895. The molecule has 0 saturated carbocycles. The molecule has 5 nitrogen and oxygen atoms in total. The van der Waals surface area contributed by atoms with Gasteiger partial charge in [-0.2, -0.15) is 0 Å². The van der Waals surface area contributed by atoms with E-state index in [-0.39, 0.29) is 11.8 Å². The van der Waals surface area contributed by atoms with Gasteiger partial charge in [-0.3, -0.25) is 0 Å². The Morgan fingerprint density at radius 3 is 2.84 bits per heavy atom. The summed E-state index contributed by atoms with van der Waals surface area (Å²) in [6.07, 6.45) is 4.78. The predicted octanol–water partition coefficient (Wildman–Crippen LogP) is 1.49. The molecule has 1 unspecified atom stereocenters. The average Bonchev–Trinajstić information content (AvgIpc) is 2.76. The lowest BCUT2D eigenvalue weighted by Crippen LogP contribution is -2.43. The fourth-order valence-corrected chi connectivity index (χ4v) is 3.74. The van der Waals surface area contributed by atoms with Crippen LogP contribution in [-0.4, -0.2) is 38.1 Å². The highest BCUT2D eigenvalue weighted by atomic mass is 32.2. The van der Waals surface area contributed by atoms with Crippen LogP contribution in [-0.2, 0) is 16.6 Å². The molecule has 2 heterocycles. The van der Waals surface area contributed by atoms with Gasteiger partial charge in [-0.1, -0.05) is 6.42 Å². The van der Waals surface area contributed by atoms with Gasteiger partial charge in [0.1, 0.15) is 5.76 Å². The van der Waals surface area contributed by atoms with Crippen molar-refractivity contribution in [2.24, 2.45) is 0 Å². The lowest BCUT2D eigenvalue weighted by Gasteiger charge is -2.25. The number of furan rings is 1. The van der Waals surface area contributed by atoms with Gasteiger partial charge >= 0.3 is 0 Å². The predicted molar refractivity (Wildman–Crippen MR) is 74.3 cm³/mol. The summed E-state index contributed by atoms with van der Waals surface area (Å²) in [6.45, 7) is 3.14. The van der Waals surface area contributed by atoms with Gasteiger partial charge in [0, 0.05) is 25.2 Å². The summed E-state index contributed by atoms with van der Waals surface area (Å²) in [7, 11) is -1.59. The lowest BCUT2D eigenvalue weighted by molar-refractivity contribution is 0.407. The van der Waals surface area contributed by atoms with Crippen molar-refractivity contribution in [2.45, 2.75) is 38.8 Å². The van der Waals surface area contributed by atoms with Crippen LogP contribution in [0, 0.1) is 6.92 Å². The standard InChI is InChI=1S/C13H22N2O3S/c1-11-12(6-8-18-11)9-15(2)19(16,17)10-13-5-3-4-7-14-13/h6,8,13-14H,3-5,7,9-10H2,1-2H3. The van der Waals surface area contributed by atoms with Crippen LogP contribution < -0.4 is 5.32 Å². The second-order valence-corrected chi connectivity index (χ2v) is 7.30. The Kier molecular flexibility index (Phi) is 4.65. The van der Waals surface area contributed by atoms with Crippen LogP contribution in [0.5, 0.6) is 0 Å². The first-order valence-electron chi connectivity index (χ1n) is 6.69. The van der Waals surface area contributed by atoms with Crippen molar-refractivity contribution in [3.63, 3.8) is 0 Å². The molecular formula is C13H22N2O3S. The van der Waals surface area contributed by atoms with Crippen LogP contribution in [0.2, 0.25) is 0 Å². The normalized spacial score (nSPS) is 20.9. The van der Waals surface area contributed by atoms with Gasteiger partial charge in [-0.15, -0.1) is 0 Å². The largest absolute Gasteiger partial charge is 0.469 e. The smallest absolute Gasteiger partial charge is 0.215 e.